The third kappa shape index (κ3) is 7.12. The molecular formula is C34H41FN6O5. The van der Waals surface area contributed by atoms with Crippen molar-refractivity contribution >= 4 is 23.6 Å². The summed E-state index contributed by atoms with van der Waals surface area (Å²) >= 11 is 0. The van der Waals surface area contributed by atoms with Crippen molar-refractivity contribution < 1.29 is 28.3 Å². The lowest BCUT2D eigenvalue weighted by Crippen LogP contribution is -2.67. The predicted molar refractivity (Wildman–Crippen MR) is 168 cm³/mol. The van der Waals surface area contributed by atoms with E-state index in [4.69, 9.17) is 4.74 Å². The summed E-state index contributed by atoms with van der Waals surface area (Å²) in [6, 6.07) is 18.2. The largest absolute Gasteiger partial charge is 0.371 e. The number of nitrogens with zero attached hydrogens (tertiary/aromatic N) is 4. The van der Waals surface area contributed by atoms with Crippen molar-refractivity contribution in [3.05, 3.63) is 89.7 Å². The Morgan fingerprint density at radius 1 is 1.00 bits per heavy atom. The molecule has 46 heavy (non-hydrogen) atoms. The number of ether oxygens (including phenoxy) is 1. The molecular weight excluding hydrogens is 591 g/mol. The average Bonchev–Trinajstić information content (AvgIpc) is 3.67. The normalized spacial score (nSPS) is 18.5. The lowest BCUT2D eigenvalue weighted by Gasteiger charge is -2.51. The van der Waals surface area contributed by atoms with Crippen LogP contribution in [0.4, 0.5) is 4.39 Å². The van der Waals surface area contributed by atoms with Gasteiger partial charge in [0, 0.05) is 44.8 Å². The maximum atomic E-state index is 14.6. The van der Waals surface area contributed by atoms with Gasteiger partial charge >= 0.3 is 0 Å². The minimum absolute atomic E-state index is 0.0648. The summed E-state index contributed by atoms with van der Waals surface area (Å²) in [6.07, 6.45) is 2.49. The summed E-state index contributed by atoms with van der Waals surface area (Å²) in [5, 5.41) is 9.81. The van der Waals surface area contributed by atoms with Crippen LogP contribution < -0.4 is 10.6 Å². The lowest BCUT2D eigenvalue weighted by atomic mass is 9.70. The number of carbonyl (C=O) groups excluding carboxylic acids is 4. The number of likely N-dealkylation sites (tertiary alicyclic amines) is 2. The van der Waals surface area contributed by atoms with E-state index in [1.165, 1.54) is 32.0 Å². The Labute approximate surface area is 268 Å². The van der Waals surface area contributed by atoms with Gasteiger partial charge in [0.1, 0.15) is 6.04 Å². The smallest absolute Gasteiger partial charge is 0.259 e. The van der Waals surface area contributed by atoms with Crippen LogP contribution in [0.5, 0.6) is 0 Å². The van der Waals surface area contributed by atoms with Crippen molar-refractivity contribution in [2.75, 3.05) is 33.2 Å². The maximum Gasteiger partial charge on any atom is 0.259 e. The highest BCUT2D eigenvalue weighted by molar-refractivity contribution is 5.96. The zero-order chi connectivity index (χ0) is 33.1. The number of amides is 4. The molecule has 3 atom stereocenters. The van der Waals surface area contributed by atoms with E-state index >= 15 is 0 Å². The van der Waals surface area contributed by atoms with E-state index in [1.54, 1.807) is 22.7 Å². The van der Waals surface area contributed by atoms with Gasteiger partial charge in [-0.1, -0.05) is 60.7 Å². The average molecular weight is 633 g/mol. The van der Waals surface area contributed by atoms with E-state index in [9.17, 15) is 23.6 Å². The number of carbonyl (C=O) groups is 4. The highest BCUT2D eigenvalue weighted by atomic mass is 19.1. The fourth-order valence-corrected chi connectivity index (χ4v) is 6.26. The fraction of sp³-hybridized carbons (Fsp3) is 0.441. The van der Waals surface area contributed by atoms with Crippen LogP contribution in [0.25, 0.3) is 0 Å². The summed E-state index contributed by atoms with van der Waals surface area (Å²) in [5.41, 5.74) is -0.555. The van der Waals surface area contributed by atoms with Crippen LogP contribution in [0, 0.1) is 11.3 Å². The molecule has 0 saturated carbocycles. The van der Waals surface area contributed by atoms with Crippen molar-refractivity contribution in [1.29, 1.82) is 0 Å². The molecule has 2 fully saturated rings. The number of benzene rings is 2. The molecule has 3 aromatic rings. The third-order valence-corrected chi connectivity index (χ3v) is 8.78. The molecule has 0 unspecified atom stereocenters. The van der Waals surface area contributed by atoms with Crippen LogP contribution in [0.15, 0.2) is 73.1 Å². The minimum Gasteiger partial charge on any atom is -0.371 e. The second-order valence-corrected chi connectivity index (χ2v) is 12.7. The summed E-state index contributed by atoms with van der Waals surface area (Å²) in [7, 11) is 1.48. The first-order valence-corrected chi connectivity index (χ1v) is 15.4. The molecule has 0 bridgehead atoms. The Balaban J connectivity index is 1.32. The number of rotatable bonds is 11. The number of halogens is 1. The van der Waals surface area contributed by atoms with Crippen molar-refractivity contribution in [1.82, 2.24) is 30.2 Å². The second-order valence-electron chi connectivity index (χ2n) is 12.7. The summed E-state index contributed by atoms with van der Waals surface area (Å²) < 4.78 is 22.2. The van der Waals surface area contributed by atoms with Crippen molar-refractivity contribution in [3.8, 4) is 0 Å². The molecule has 244 valence electrons. The monoisotopic (exact) mass is 632 g/mol. The van der Waals surface area contributed by atoms with Gasteiger partial charge in [0.25, 0.3) is 11.8 Å². The molecule has 11 nitrogen and oxygen atoms in total. The Bertz CT molecular complexity index is 1550. The molecule has 2 aromatic carbocycles. The third-order valence-electron chi connectivity index (χ3n) is 8.78. The number of nitrogens with one attached hydrogen (secondary N) is 2. The summed E-state index contributed by atoms with van der Waals surface area (Å²) in [6.45, 7) is 5.32. The topological polar surface area (TPSA) is 126 Å². The predicted octanol–water partition coefficient (Wildman–Crippen LogP) is 2.42. The molecule has 4 amide bonds. The molecule has 5 rings (SSSR count). The van der Waals surface area contributed by atoms with Crippen molar-refractivity contribution in [2.45, 2.75) is 51.7 Å². The van der Waals surface area contributed by atoms with Gasteiger partial charge < -0.3 is 25.2 Å². The Morgan fingerprint density at radius 2 is 1.61 bits per heavy atom. The maximum absolute atomic E-state index is 14.6. The quantitative estimate of drug-likeness (QED) is 0.335. The molecule has 12 heteroatoms. The SMILES string of the molecule is CNC(=O)[C@@H](NC(=O)[C@@H]1CN(C(=O)c2cnn(Cc3ccccc3)c2)CC12CN(C(=O)C(C)(C)F)C2)[C@@H](C)OCc1ccccc1. The molecule has 3 heterocycles. The van der Waals surface area contributed by atoms with Crippen LogP contribution in [0.2, 0.25) is 0 Å². The molecule has 2 saturated heterocycles. The molecule has 2 aliphatic heterocycles. The van der Waals surface area contributed by atoms with Crippen LogP contribution >= 0.6 is 0 Å². The molecule has 1 spiro atoms. The highest BCUT2D eigenvalue weighted by Gasteiger charge is 2.60. The fourth-order valence-electron chi connectivity index (χ4n) is 6.26. The number of alkyl halides is 1. The van der Waals surface area contributed by atoms with Gasteiger partial charge in [-0.2, -0.15) is 5.10 Å². The van der Waals surface area contributed by atoms with Crippen LogP contribution in [-0.2, 0) is 32.3 Å². The van der Waals surface area contributed by atoms with E-state index in [2.05, 4.69) is 15.7 Å². The van der Waals surface area contributed by atoms with Gasteiger partial charge in [0.2, 0.25) is 11.8 Å². The number of hydrogen-bond donors (Lipinski definition) is 2. The Kier molecular flexibility index (Phi) is 9.57. The van der Waals surface area contributed by atoms with Gasteiger partial charge in [-0.05, 0) is 31.9 Å². The van der Waals surface area contributed by atoms with Crippen molar-refractivity contribution in [3.63, 3.8) is 0 Å². The standard InChI is InChI=1S/C34H41FN6O5/c1-23(46-19-25-13-9-6-10-14-25)28(30(43)36-4)38-29(42)27-18-39(20-34(27)21-40(22-34)32(45)33(2,3)35)31(44)26-15-37-41(17-26)16-24-11-7-5-8-12-24/h5-15,17,23,27-28H,16,18-22H2,1-4H3,(H,36,43)(H,38,42)/t23-,27+,28+/m1/s1. The highest BCUT2D eigenvalue weighted by Crippen LogP contribution is 2.45. The Hall–Kier alpha value is -4.58. The zero-order valence-corrected chi connectivity index (χ0v) is 26.6. The number of hydrogen-bond acceptors (Lipinski definition) is 6. The molecule has 0 radical (unpaired) electrons. The molecule has 1 aromatic heterocycles. The first-order chi connectivity index (χ1) is 21.9. The Morgan fingerprint density at radius 3 is 2.22 bits per heavy atom. The lowest BCUT2D eigenvalue weighted by molar-refractivity contribution is -0.159. The zero-order valence-electron chi connectivity index (χ0n) is 26.6. The number of likely N-dealkylation sites (N-methyl/N-ethyl adjacent to an activating group) is 1. The van der Waals surface area contributed by atoms with E-state index in [0.29, 0.717) is 12.1 Å². The second kappa shape index (κ2) is 13.4. The van der Waals surface area contributed by atoms with E-state index in [-0.39, 0.29) is 38.7 Å². The summed E-state index contributed by atoms with van der Waals surface area (Å²) in [4.78, 5) is 56.3. The van der Waals surface area contributed by atoms with Gasteiger partial charge in [-0.15, -0.1) is 0 Å². The van der Waals surface area contributed by atoms with Crippen LogP contribution in [0.1, 0.15) is 42.3 Å². The van der Waals surface area contributed by atoms with E-state index in [1.807, 2.05) is 60.7 Å². The van der Waals surface area contributed by atoms with Crippen molar-refractivity contribution in [2.24, 2.45) is 11.3 Å². The van der Waals surface area contributed by atoms with E-state index < -0.39 is 46.9 Å². The molecule has 2 aliphatic rings. The molecule has 0 aliphatic carbocycles. The van der Waals surface area contributed by atoms with Gasteiger partial charge in [-0.25, -0.2) is 4.39 Å². The number of aromatic nitrogens is 2. The first kappa shape index (κ1) is 32.8. The van der Waals surface area contributed by atoms with Crippen LogP contribution in [0.3, 0.4) is 0 Å². The minimum atomic E-state index is -2.07. The van der Waals surface area contributed by atoms with E-state index in [0.717, 1.165) is 11.1 Å². The van der Waals surface area contributed by atoms with Crippen LogP contribution in [-0.4, -0.2) is 94.3 Å². The first-order valence-electron chi connectivity index (χ1n) is 15.4. The summed E-state index contributed by atoms with van der Waals surface area (Å²) in [5.74, 6) is -2.59. The van der Waals surface area contributed by atoms with Gasteiger partial charge in [0.15, 0.2) is 5.67 Å². The van der Waals surface area contributed by atoms with Gasteiger partial charge in [-0.3, -0.25) is 23.9 Å². The molecule has 2 N–H and O–H groups in total. The van der Waals surface area contributed by atoms with Gasteiger partial charge in [0.05, 0.1) is 36.9 Å².